The molecule has 3 aliphatic carbocycles. The molecule has 4 aliphatic rings. The largest absolute Gasteiger partial charge is 0.509 e. The number of halogens is 3. The van der Waals surface area contributed by atoms with E-state index in [0.29, 0.717) is 29.7 Å². The molecular weight excluding hydrogens is 683 g/mol. The van der Waals surface area contributed by atoms with Crippen LogP contribution in [-0.2, 0) is 28.5 Å². The van der Waals surface area contributed by atoms with Crippen molar-refractivity contribution in [1.29, 1.82) is 0 Å². The molecule has 0 spiro atoms. The molecule has 1 saturated heterocycles. The van der Waals surface area contributed by atoms with Crippen LogP contribution in [0.3, 0.4) is 0 Å². The molecule has 0 radical (unpaired) electrons. The lowest BCUT2D eigenvalue weighted by Crippen LogP contribution is -2.74. The monoisotopic (exact) mass is 728 g/mol. The molecule has 1 heterocycles. The van der Waals surface area contributed by atoms with Gasteiger partial charge in [0, 0.05) is 35.5 Å². The first-order chi connectivity index (χ1) is 22.1. The highest BCUT2D eigenvalue weighted by Gasteiger charge is 2.72. The number of carbonyl (C=O) groups is 3. The number of rotatable bonds is 6. The number of hydrogen-bond acceptors (Lipinski definition) is 9. The Balaban J connectivity index is 1.54. The second kappa shape index (κ2) is 12.7. The minimum absolute atomic E-state index is 0.0254. The van der Waals surface area contributed by atoms with Gasteiger partial charge in [0.1, 0.15) is 18.5 Å². The number of ketones is 1. The number of hydrogen-bond donors (Lipinski definition) is 2. The maximum atomic E-state index is 14.7. The van der Waals surface area contributed by atoms with Crippen LogP contribution in [0, 0.1) is 34.0 Å². The Bertz CT molecular complexity index is 1470. The van der Waals surface area contributed by atoms with Crippen LogP contribution in [-0.4, -0.2) is 75.1 Å². The van der Waals surface area contributed by atoms with Gasteiger partial charge in [-0.1, -0.05) is 107 Å². The maximum absolute atomic E-state index is 14.7. The molecule has 3 fully saturated rings. The molecule has 266 valence electrons. The Kier molecular flexibility index (Phi) is 9.90. The van der Waals surface area contributed by atoms with E-state index in [1.54, 1.807) is 31.2 Å². The predicted molar refractivity (Wildman–Crippen MR) is 181 cm³/mol. The quantitative estimate of drug-likeness (QED) is 0.186. The Morgan fingerprint density at radius 2 is 1.73 bits per heavy atom. The number of fused-ring (bicyclic) bond motifs is 5. The summed E-state index contributed by atoms with van der Waals surface area (Å²) < 4.78 is 20.7. The zero-order valence-electron chi connectivity index (χ0n) is 28.7. The number of carbonyl (C=O) groups excluding carboxylic acids is 3. The highest BCUT2D eigenvalue weighted by Crippen LogP contribution is 2.67. The van der Waals surface area contributed by atoms with Crippen LogP contribution in [0.5, 0.6) is 0 Å². The first-order valence-electron chi connectivity index (χ1n) is 16.5. The van der Waals surface area contributed by atoms with Gasteiger partial charge in [0.15, 0.2) is 0 Å². The number of Topliss-reactive ketones (excluding diaryl/α,β-unsaturated/α-hetero) is 1. The van der Waals surface area contributed by atoms with Crippen molar-refractivity contribution >= 4 is 52.7 Å². The third kappa shape index (κ3) is 5.88. The lowest BCUT2D eigenvalue weighted by atomic mass is 9.40. The number of benzene rings is 1. The van der Waals surface area contributed by atoms with Gasteiger partial charge in [-0.05, 0) is 42.4 Å². The van der Waals surface area contributed by atoms with Gasteiger partial charge in [-0.25, -0.2) is 9.59 Å². The second-order valence-electron chi connectivity index (χ2n) is 15.4. The van der Waals surface area contributed by atoms with Gasteiger partial charge in [-0.2, -0.15) is 0 Å². The van der Waals surface area contributed by atoms with Crippen molar-refractivity contribution in [2.24, 2.45) is 34.0 Å². The molecule has 48 heavy (non-hydrogen) atoms. The van der Waals surface area contributed by atoms with Crippen LogP contribution < -0.4 is 0 Å². The summed E-state index contributed by atoms with van der Waals surface area (Å²) in [6.45, 7) is 14.9. The standard InChI is InChI=1S/C36H47Cl3O9/c1-18(22-12-10-9-11-13-22)27(48-31(43)46-17-36(37,38)39)30(42)47-23-15-35(44)21(4)28-33(7)16-45-25(33)14-24(40)34(28,8)29(41)20(3)26(19(23)2)32(35,5)6/h9-13,18,20-21,23-25,27-28,40,44H,14-17H2,1-8H3/t18-,20+,21?,23-,24-,25+,27+,28?,33+,34+,35+/m0/s1. The average molecular weight is 730 g/mol. The van der Waals surface area contributed by atoms with E-state index >= 15 is 0 Å². The van der Waals surface area contributed by atoms with Crippen molar-refractivity contribution in [1.82, 2.24) is 0 Å². The first kappa shape index (κ1) is 37.4. The molecule has 2 saturated carbocycles. The third-order valence-electron chi connectivity index (χ3n) is 12.4. The van der Waals surface area contributed by atoms with Crippen molar-refractivity contribution in [2.75, 3.05) is 13.2 Å². The van der Waals surface area contributed by atoms with E-state index in [0.717, 1.165) is 0 Å². The van der Waals surface area contributed by atoms with Crippen molar-refractivity contribution in [3.8, 4) is 0 Å². The molecule has 1 aromatic rings. The van der Waals surface area contributed by atoms with E-state index in [9.17, 15) is 24.6 Å². The summed E-state index contributed by atoms with van der Waals surface area (Å²) in [5.41, 5.74) is -1.95. The number of aliphatic hydroxyl groups is 2. The minimum atomic E-state index is -1.89. The van der Waals surface area contributed by atoms with Gasteiger partial charge in [-0.15, -0.1) is 0 Å². The van der Waals surface area contributed by atoms with Crippen molar-refractivity contribution in [2.45, 2.75) is 108 Å². The molecule has 2 unspecified atom stereocenters. The zero-order chi connectivity index (χ0) is 35.8. The summed E-state index contributed by atoms with van der Waals surface area (Å²) >= 11 is 17.2. The fraction of sp³-hybridized carbons (Fsp3) is 0.694. The van der Waals surface area contributed by atoms with Gasteiger partial charge >= 0.3 is 12.1 Å². The number of alkyl halides is 3. The Morgan fingerprint density at radius 3 is 2.29 bits per heavy atom. The fourth-order valence-corrected chi connectivity index (χ4v) is 10.0. The average Bonchev–Trinajstić information content (AvgIpc) is 3.01. The van der Waals surface area contributed by atoms with Crippen molar-refractivity contribution < 1.29 is 43.5 Å². The number of esters is 1. The van der Waals surface area contributed by atoms with Gasteiger partial charge in [0.05, 0.1) is 29.8 Å². The van der Waals surface area contributed by atoms with Gasteiger partial charge in [-0.3, -0.25) is 4.79 Å². The Morgan fingerprint density at radius 1 is 1.10 bits per heavy atom. The van der Waals surface area contributed by atoms with E-state index in [1.165, 1.54) is 0 Å². The van der Waals surface area contributed by atoms with Crippen LogP contribution in [0.2, 0.25) is 0 Å². The van der Waals surface area contributed by atoms with Crippen LogP contribution in [0.4, 0.5) is 4.79 Å². The summed E-state index contributed by atoms with van der Waals surface area (Å²) in [6.07, 6.45) is -4.44. The van der Waals surface area contributed by atoms with Crippen molar-refractivity contribution in [3.63, 3.8) is 0 Å². The highest BCUT2D eigenvalue weighted by atomic mass is 35.6. The molecule has 0 aromatic heterocycles. The normalized spacial score (nSPS) is 38.6. The van der Waals surface area contributed by atoms with Gasteiger partial charge in [0.25, 0.3) is 0 Å². The summed E-state index contributed by atoms with van der Waals surface area (Å²) in [5.74, 6) is -3.27. The van der Waals surface area contributed by atoms with Crippen molar-refractivity contribution in [3.05, 3.63) is 47.0 Å². The highest BCUT2D eigenvalue weighted by molar-refractivity contribution is 6.67. The first-order valence-corrected chi connectivity index (χ1v) is 17.7. The lowest BCUT2D eigenvalue weighted by molar-refractivity contribution is -0.301. The Hall–Kier alpha value is -1.88. The SMILES string of the molecule is CC1=C2[C@@H](C)C(=O)[C@@]3(C)C(C(C)[C@](O)(C[C@@H]1OC(=O)[C@H](OC(=O)OCC(Cl)(Cl)Cl)[C@@H](C)c1ccccc1)C2(C)C)[C@]1(C)CO[C@@H]1C[C@@H]3O. The Labute approximate surface area is 297 Å². The van der Waals surface area contributed by atoms with E-state index in [4.69, 9.17) is 53.8 Å². The molecule has 2 bridgehead atoms. The summed E-state index contributed by atoms with van der Waals surface area (Å²) in [4.78, 5) is 41.5. The number of aliphatic hydroxyl groups excluding tert-OH is 1. The van der Waals surface area contributed by atoms with Crippen LogP contribution in [0.1, 0.15) is 79.7 Å². The van der Waals surface area contributed by atoms with E-state index in [1.807, 2.05) is 47.6 Å². The molecule has 5 rings (SSSR count). The number of ether oxygens (including phenoxy) is 4. The molecular formula is C36H47Cl3O9. The zero-order valence-corrected chi connectivity index (χ0v) is 31.0. The summed E-state index contributed by atoms with van der Waals surface area (Å²) in [5, 5.41) is 24.6. The van der Waals surface area contributed by atoms with Gasteiger partial charge < -0.3 is 29.2 Å². The maximum Gasteiger partial charge on any atom is 0.509 e. The van der Waals surface area contributed by atoms with Crippen LogP contribution in [0.25, 0.3) is 0 Å². The molecule has 9 nitrogen and oxygen atoms in total. The van der Waals surface area contributed by atoms with E-state index in [-0.39, 0.29) is 18.3 Å². The lowest BCUT2D eigenvalue weighted by Gasteiger charge is -2.68. The second-order valence-corrected chi connectivity index (χ2v) is 17.9. The van der Waals surface area contributed by atoms with E-state index in [2.05, 4.69) is 6.92 Å². The minimum Gasteiger partial charge on any atom is -0.455 e. The van der Waals surface area contributed by atoms with Crippen LogP contribution >= 0.6 is 34.8 Å². The predicted octanol–water partition coefficient (Wildman–Crippen LogP) is 6.72. The summed E-state index contributed by atoms with van der Waals surface area (Å²) in [6, 6.07) is 9.00. The van der Waals surface area contributed by atoms with Crippen LogP contribution in [0.15, 0.2) is 41.5 Å². The molecule has 2 N–H and O–H groups in total. The molecule has 1 aliphatic heterocycles. The molecule has 1 aromatic carbocycles. The smallest absolute Gasteiger partial charge is 0.455 e. The summed E-state index contributed by atoms with van der Waals surface area (Å²) in [7, 11) is 0. The fourth-order valence-electron chi connectivity index (χ4n) is 9.84. The molecule has 0 amide bonds. The molecule has 11 atom stereocenters. The van der Waals surface area contributed by atoms with E-state index < -0.39 is 86.4 Å². The molecule has 12 heteroatoms. The third-order valence-corrected chi connectivity index (χ3v) is 12.8. The topological polar surface area (TPSA) is 129 Å². The van der Waals surface area contributed by atoms with Gasteiger partial charge in [0.2, 0.25) is 9.90 Å².